The monoisotopic (exact) mass is 284 g/mol. The molecular formula is C13H20N2O3S. The summed E-state index contributed by atoms with van der Waals surface area (Å²) in [5.74, 6) is -0.912. The van der Waals surface area contributed by atoms with Crippen molar-refractivity contribution in [2.24, 2.45) is 5.73 Å². The van der Waals surface area contributed by atoms with E-state index in [9.17, 15) is 13.2 Å². The Bertz CT molecular complexity index is 486. The molecule has 0 saturated carbocycles. The zero-order valence-electron chi connectivity index (χ0n) is 10.8. The van der Waals surface area contributed by atoms with Crippen LogP contribution in [-0.2, 0) is 21.1 Å². The summed E-state index contributed by atoms with van der Waals surface area (Å²) >= 11 is 0. The number of hydrogen-bond acceptors (Lipinski definition) is 4. The Morgan fingerprint density at radius 3 is 2.53 bits per heavy atom. The third kappa shape index (κ3) is 6.93. The molecule has 0 aliphatic heterocycles. The van der Waals surface area contributed by atoms with Crippen LogP contribution < -0.4 is 11.1 Å². The molecule has 1 aromatic rings. The predicted octanol–water partition coefficient (Wildman–Crippen LogP) is 0.109. The molecule has 1 rings (SSSR count). The van der Waals surface area contributed by atoms with Gasteiger partial charge in [0.2, 0.25) is 5.91 Å². The second kappa shape index (κ2) is 7.91. The SMILES string of the molecule is NCCNC(=O)CS(=O)(=O)CCCc1ccccc1. The van der Waals surface area contributed by atoms with Gasteiger partial charge < -0.3 is 11.1 Å². The fourth-order valence-corrected chi connectivity index (χ4v) is 2.91. The molecule has 0 bridgehead atoms. The molecule has 0 heterocycles. The van der Waals surface area contributed by atoms with Crippen LogP contribution in [0.1, 0.15) is 12.0 Å². The zero-order valence-corrected chi connectivity index (χ0v) is 11.7. The summed E-state index contributed by atoms with van der Waals surface area (Å²) in [6.07, 6.45) is 1.22. The lowest BCUT2D eigenvalue weighted by Gasteiger charge is -2.05. The fraction of sp³-hybridized carbons (Fsp3) is 0.462. The van der Waals surface area contributed by atoms with E-state index in [0.29, 0.717) is 25.9 Å². The van der Waals surface area contributed by atoms with Crippen molar-refractivity contribution in [2.75, 3.05) is 24.6 Å². The molecule has 0 aliphatic rings. The van der Waals surface area contributed by atoms with Crippen LogP contribution in [0.15, 0.2) is 30.3 Å². The molecular weight excluding hydrogens is 264 g/mol. The average Bonchev–Trinajstić information content (AvgIpc) is 2.37. The molecule has 0 atom stereocenters. The van der Waals surface area contributed by atoms with Gasteiger partial charge in [0.05, 0.1) is 5.75 Å². The van der Waals surface area contributed by atoms with Crippen LogP contribution in [0, 0.1) is 0 Å². The van der Waals surface area contributed by atoms with E-state index in [-0.39, 0.29) is 5.75 Å². The number of benzene rings is 1. The number of aryl methyl sites for hydroxylation is 1. The van der Waals surface area contributed by atoms with E-state index in [1.807, 2.05) is 30.3 Å². The molecule has 106 valence electrons. The first-order chi connectivity index (χ1) is 9.03. The smallest absolute Gasteiger partial charge is 0.235 e. The number of nitrogens with two attached hydrogens (primary N) is 1. The second-order valence-corrected chi connectivity index (χ2v) is 6.50. The Hall–Kier alpha value is -1.40. The van der Waals surface area contributed by atoms with E-state index in [0.717, 1.165) is 5.56 Å². The highest BCUT2D eigenvalue weighted by Gasteiger charge is 2.15. The zero-order chi connectivity index (χ0) is 14.1. The van der Waals surface area contributed by atoms with Crippen molar-refractivity contribution in [1.29, 1.82) is 0 Å². The summed E-state index contributed by atoms with van der Waals surface area (Å²) in [4.78, 5) is 11.3. The van der Waals surface area contributed by atoms with Crippen LogP contribution in [0.3, 0.4) is 0 Å². The minimum absolute atomic E-state index is 0.0257. The highest BCUT2D eigenvalue weighted by molar-refractivity contribution is 7.92. The molecule has 0 unspecified atom stereocenters. The summed E-state index contributed by atoms with van der Waals surface area (Å²) < 4.78 is 23.4. The maximum absolute atomic E-state index is 11.7. The van der Waals surface area contributed by atoms with E-state index in [4.69, 9.17) is 5.73 Å². The molecule has 1 aromatic carbocycles. The first-order valence-corrected chi connectivity index (χ1v) is 8.07. The summed E-state index contributed by atoms with van der Waals surface area (Å²) in [6, 6.07) is 9.68. The summed E-state index contributed by atoms with van der Waals surface area (Å²) in [6.45, 7) is 0.609. The molecule has 5 nitrogen and oxygen atoms in total. The van der Waals surface area contributed by atoms with Gasteiger partial charge in [0.15, 0.2) is 9.84 Å². The van der Waals surface area contributed by atoms with Crippen molar-refractivity contribution in [3.8, 4) is 0 Å². The number of amides is 1. The lowest BCUT2D eigenvalue weighted by molar-refractivity contribution is -0.118. The third-order valence-electron chi connectivity index (χ3n) is 2.58. The molecule has 1 amide bonds. The van der Waals surface area contributed by atoms with Gasteiger partial charge in [-0.25, -0.2) is 8.42 Å². The minimum Gasteiger partial charge on any atom is -0.354 e. The van der Waals surface area contributed by atoms with Crippen molar-refractivity contribution in [1.82, 2.24) is 5.32 Å². The quantitative estimate of drug-likeness (QED) is 0.709. The Labute approximate surface area is 114 Å². The molecule has 0 aliphatic carbocycles. The van der Waals surface area contributed by atoms with Crippen LogP contribution in [0.25, 0.3) is 0 Å². The highest BCUT2D eigenvalue weighted by Crippen LogP contribution is 2.04. The maximum Gasteiger partial charge on any atom is 0.235 e. The van der Waals surface area contributed by atoms with Crippen molar-refractivity contribution < 1.29 is 13.2 Å². The Balaban J connectivity index is 2.33. The number of sulfone groups is 1. The van der Waals surface area contributed by atoms with Gasteiger partial charge in [0.25, 0.3) is 0 Å². The number of hydrogen-bond donors (Lipinski definition) is 2. The number of nitrogens with one attached hydrogen (secondary N) is 1. The fourth-order valence-electron chi connectivity index (χ4n) is 1.68. The maximum atomic E-state index is 11.7. The molecule has 0 fully saturated rings. The van der Waals surface area contributed by atoms with E-state index >= 15 is 0 Å². The van der Waals surface area contributed by atoms with Crippen LogP contribution in [-0.4, -0.2) is 38.9 Å². The first-order valence-electron chi connectivity index (χ1n) is 6.24. The van der Waals surface area contributed by atoms with Crippen LogP contribution in [0.2, 0.25) is 0 Å². The van der Waals surface area contributed by atoms with Gasteiger partial charge in [-0.05, 0) is 18.4 Å². The van der Waals surface area contributed by atoms with Gasteiger partial charge in [-0.1, -0.05) is 30.3 Å². The van der Waals surface area contributed by atoms with Gasteiger partial charge in [-0.15, -0.1) is 0 Å². The van der Waals surface area contributed by atoms with E-state index in [1.165, 1.54) is 0 Å². The molecule has 0 aromatic heterocycles. The number of carbonyl (C=O) groups is 1. The van der Waals surface area contributed by atoms with Crippen LogP contribution >= 0.6 is 0 Å². The molecule has 0 spiro atoms. The summed E-state index contributed by atoms with van der Waals surface area (Å²) in [7, 11) is -3.33. The van der Waals surface area contributed by atoms with Gasteiger partial charge >= 0.3 is 0 Å². The van der Waals surface area contributed by atoms with Gasteiger partial charge in [-0.3, -0.25) is 4.79 Å². The summed E-state index contributed by atoms with van der Waals surface area (Å²) in [5.41, 5.74) is 6.32. The lowest BCUT2D eigenvalue weighted by Crippen LogP contribution is -2.34. The standard InChI is InChI=1S/C13H20N2O3S/c14-8-9-15-13(16)11-19(17,18)10-4-7-12-5-2-1-3-6-12/h1-3,5-6H,4,7-11,14H2,(H,15,16). The minimum atomic E-state index is -3.33. The molecule has 0 saturated heterocycles. The topological polar surface area (TPSA) is 89.3 Å². The van der Waals surface area contributed by atoms with Crippen molar-refractivity contribution in [2.45, 2.75) is 12.8 Å². The van der Waals surface area contributed by atoms with E-state index < -0.39 is 21.5 Å². The second-order valence-electron chi connectivity index (χ2n) is 4.32. The van der Waals surface area contributed by atoms with E-state index in [1.54, 1.807) is 0 Å². The van der Waals surface area contributed by atoms with Gasteiger partial charge in [-0.2, -0.15) is 0 Å². The van der Waals surface area contributed by atoms with Gasteiger partial charge in [0, 0.05) is 13.1 Å². The van der Waals surface area contributed by atoms with Crippen LogP contribution in [0.4, 0.5) is 0 Å². The molecule has 3 N–H and O–H groups in total. The molecule has 0 radical (unpaired) electrons. The van der Waals surface area contributed by atoms with Crippen molar-refractivity contribution >= 4 is 15.7 Å². The first kappa shape index (κ1) is 15.7. The van der Waals surface area contributed by atoms with E-state index in [2.05, 4.69) is 5.32 Å². The Kier molecular flexibility index (Phi) is 6.52. The molecule has 6 heteroatoms. The van der Waals surface area contributed by atoms with Crippen LogP contribution in [0.5, 0.6) is 0 Å². The lowest BCUT2D eigenvalue weighted by atomic mass is 10.1. The van der Waals surface area contributed by atoms with Crippen molar-refractivity contribution in [3.63, 3.8) is 0 Å². The predicted molar refractivity (Wildman–Crippen MR) is 75.5 cm³/mol. The highest BCUT2D eigenvalue weighted by atomic mass is 32.2. The van der Waals surface area contributed by atoms with Gasteiger partial charge in [0.1, 0.15) is 5.75 Å². The molecule has 19 heavy (non-hydrogen) atoms. The summed E-state index contributed by atoms with van der Waals surface area (Å²) in [5, 5.41) is 2.45. The normalized spacial score (nSPS) is 11.2. The van der Waals surface area contributed by atoms with Crippen molar-refractivity contribution in [3.05, 3.63) is 35.9 Å². The number of carbonyl (C=O) groups excluding carboxylic acids is 1. The Morgan fingerprint density at radius 2 is 1.89 bits per heavy atom. The Morgan fingerprint density at radius 1 is 1.21 bits per heavy atom. The largest absolute Gasteiger partial charge is 0.354 e. The third-order valence-corrected chi connectivity index (χ3v) is 4.19. The average molecular weight is 284 g/mol. The number of rotatable bonds is 8.